The Labute approximate surface area is 171 Å². The number of nitrogens with zero attached hydrogens (tertiary/aromatic N) is 1. The van der Waals surface area contributed by atoms with Crippen LogP contribution in [0.15, 0.2) is 46.4 Å². The normalized spacial score (nSPS) is 16.3. The van der Waals surface area contributed by atoms with Crippen LogP contribution in [0.1, 0.15) is 37.4 Å². The third kappa shape index (κ3) is 4.03. The summed E-state index contributed by atoms with van der Waals surface area (Å²) in [6.45, 7) is 7.59. The Morgan fingerprint density at radius 2 is 2.10 bits per heavy atom. The van der Waals surface area contributed by atoms with E-state index in [2.05, 4.69) is 6.58 Å². The SMILES string of the molecule is C=C(O)[C@@H]1CSc2c(-c3cccc(C(F)(F)F)c3)c(CCC(C)C)c(N)c(=O)n21. The van der Waals surface area contributed by atoms with Gasteiger partial charge in [0, 0.05) is 11.3 Å². The van der Waals surface area contributed by atoms with Crippen LogP contribution in [-0.4, -0.2) is 15.4 Å². The number of nitrogen functional groups attached to an aromatic ring is 1. The van der Waals surface area contributed by atoms with Gasteiger partial charge in [-0.1, -0.05) is 32.6 Å². The van der Waals surface area contributed by atoms with Crippen LogP contribution in [0.3, 0.4) is 0 Å². The maximum absolute atomic E-state index is 13.3. The van der Waals surface area contributed by atoms with Gasteiger partial charge in [0.15, 0.2) is 0 Å². The topological polar surface area (TPSA) is 68.2 Å². The molecule has 0 radical (unpaired) electrons. The molecule has 0 aliphatic carbocycles. The molecule has 0 fully saturated rings. The Bertz CT molecular complexity index is 1010. The number of thioether (sulfide) groups is 1. The van der Waals surface area contributed by atoms with Gasteiger partial charge in [-0.05, 0) is 42.0 Å². The number of hydrogen-bond donors (Lipinski definition) is 2. The smallest absolute Gasteiger partial charge is 0.416 e. The summed E-state index contributed by atoms with van der Waals surface area (Å²) in [5.74, 6) is 0.518. The van der Waals surface area contributed by atoms with Crippen LogP contribution >= 0.6 is 11.8 Å². The lowest BCUT2D eigenvalue weighted by Crippen LogP contribution is -2.29. The average molecular weight is 424 g/mol. The summed E-state index contributed by atoms with van der Waals surface area (Å²) >= 11 is 1.32. The molecule has 1 aliphatic rings. The highest BCUT2D eigenvalue weighted by atomic mass is 32.2. The van der Waals surface area contributed by atoms with Crippen LogP contribution in [0.5, 0.6) is 0 Å². The number of nitrogens with two attached hydrogens (primary N) is 1. The third-order valence-corrected chi connectivity index (χ3v) is 6.19. The molecule has 8 heteroatoms. The summed E-state index contributed by atoms with van der Waals surface area (Å²) in [6.07, 6.45) is -3.27. The molecule has 0 bridgehead atoms. The van der Waals surface area contributed by atoms with Crippen LogP contribution < -0.4 is 11.3 Å². The van der Waals surface area contributed by atoms with Gasteiger partial charge in [0.1, 0.15) is 17.5 Å². The largest absolute Gasteiger partial charge is 0.511 e. The van der Waals surface area contributed by atoms with Crippen LogP contribution in [-0.2, 0) is 12.6 Å². The summed E-state index contributed by atoms with van der Waals surface area (Å²) in [7, 11) is 0. The van der Waals surface area contributed by atoms with Crippen LogP contribution in [0, 0.1) is 5.92 Å². The van der Waals surface area contributed by atoms with E-state index < -0.39 is 23.3 Å². The van der Waals surface area contributed by atoms with Crippen molar-refractivity contribution in [2.75, 3.05) is 11.5 Å². The first kappa shape index (κ1) is 21.4. The molecule has 3 N–H and O–H groups in total. The number of alkyl halides is 3. The highest BCUT2D eigenvalue weighted by molar-refractivity contribution is 7.99. The van der Waals surface area contributed by atoms with E-state index in [4.69, 9.17) is 5.73 Å². The van der Waals surface area contributed by atoms with Gasteiger partial charge in [0.2, 0.25) is 0 Å². The number of pyridine rings is 1. The maximum Gasteiger partial charge on any atom is 0.416 e. The zero-order valence-electron chi connectivity index (χ0n) is 16.2. The van der Waals surface area contributed by atoms with E-state index in [-0.39, 0.29) is 11.4 Å². The molecule has 0 saturated heterocycles. The fraction of sp³-hybridized carbons (Fsp3) is 0.381. The van der Waals surface area contributed by atoms with Gasteiger partial charge in [-0.15, -0.1) is 11.8 Å². The molecule has 2 heterocycles. The number of anilines is 1. The second-order valence-electron chi connectivity index (χ2n) is 7.58. The van der Waals surface area contributed by atoms with E-state index in [1.165, 1.54) is 22.4 Å². The van der Waals surface area contributed by atoms with Gasteiger partial charge in [0.05, 0.1) is 10.6 Å². The Kier molecular flexibility index (Phi) is 5.76. The molecule has 0 saturated carbocycles. The van der Waals surface area contributed by atoms with Crippen LogP contribution in [0.25, 0.3) is 11.1 Å². The fourth-order valence-electron chi connectivity index (χ4n) is 3.48. The summed E-state index contributed by atoms with van der Waals surface area (Å²) in [5.41, 5.74) is 6.43. The zero-order chi connectivity index (χ0) is 21.5. The first-order chi connectivity index (χ1) is 13.5. The van der Waals surface area contributed by atoms with Gasteiger partial charge in [-0.2, -0.15) is 13.2 Å². The number of fused-ring (bicyclic) bond motifs is 1. The van der Waals surface area contributed by atoms with Crippen molar-refractivity contribution >= 4 is 17.4 Å². The van der Waals surface area contributed by atoms with E-state index in [0.29, 0.717) is 39.8 Å². The molecular formula is C21H23F3N2O2S. The number of allylic oxidation sites excluding steroid dienone is 1. The van der Waals surface area contributed by atoms with Crippen molar-refractivity contribution in [3.05, 3.63) is 58.1 Å². The number of halogens is 3. The van der Waals surface area contributed by atoms with Crippen LogP contribution in [0.2, 0.25) is 0 Å². The molecule has 3 rings (SSSR count). The molecule has 29 heavy (non-hydrogen) atoms. The van der Waals surface area contributed by atoms with E-state index >= 15 is 0 Å². The second kappa shape index (κ2) is 7.82. The Morgan fingerprint density at radius 1 is 1.41 bits per heavy atom. The van der Waals surface area contributed by atoms with E-state index in [1.807, 2.05) is 13.8 Å². The molecule has 1 atom stereocenters. The number of rotatable bonds is 5. The quantitative estimate of drug-likeness (QED) is 0.629. The lowest BCUT2D eigenvalue weighted by atomic mass is 9.93. The predicted octanol–water partition coefficient (Wildman–Crippen LogP) is 5.42. The van der Waals surface area contributed by atoms with Crippen molar-refractivity contribution < 1.29 is 18.3 Å². The van der Waals surface area contributed by atoms with Crippen molar-refractivity contribution in [1.29, 1.82) is 0 Å². The van der Waals surface area contributed by atoms with Gasteiger partial charge in [0.25, 0.3) is 5.56 Å². The third-order valence-electron chi connectivity index (χ3n) is 5.03. The summed E-state index contributed by atoms with van der Waals surface area (Å²) < 4.78 is 41.2. The minimum absolute atomic E-state index is 0.00978. The molecule has 1 aromatic carbocycles. The highest BCUT2D eigenvalue weighted by Gasteiger charge is 2.34. The van der Waals surface area contributed by atoms with Crippen molar-refractivity contribution in [3.63, 3.8) is 0 Å². The van der Waals surface area contributed by atoms with Crippen LogP contribution in [0.4, 0.5) is 18.9 Å². The standard InChI is InChI=1S/C21H23F3N2O2S/c1-11(2)7-8-15-17(13-5-4-6-14(9-13)21(22,23)24)20-26(19(28)18(15)25)16(10-29-20)12(3)27/h4-6,9,11,16,27H,3,7-8,10,25H2,1-2H3/t16-/m0/s1. The molecule has 4 nitrogen and oxygen atoms in total. The number of aromatic nitrogens is 1. The molecule has 156 valence electrons. The minimum atomic E-state index is -4.48. The van der Waals surface area contributed by atoms with Gasteiger partial charge >= 0.3 is 6.18 Å². The first-order valence-electron chi connectivity index (χ1n) is 9.27. The fourth-order valence-corrected chi connectivity index (χ4v) is 4.87. The Morgan fingerprint density at radius 3 is 2.69 bits per heavy atom. The minimum Gasteiger partial charge on any atom is -0.511 e. The Hall–Kier alpha value is -2.35. The Balaban J connectivity index is 2.31. The molecule has 2 aromatic rings. The van der Waals surface area contributed by atoms with Crippen molar-refractivity contribution in [1.82, 2.24) is 4.57 Å². The average Bonchev–Trinajstić information content (AvgIpc) is 3.08. The summed E-state index contributed by atoms with van der Waals surface area (Å²) in [6, 6.07) is 4.39. The van der Waals surface area contributed by atoms with E-state index in [0.717, 1.165) is 18.6 Å². The summed E-state index contributed by atoms with van der Waals surface area (Å²) in [5, 5.41) is 10.4. The van der Waals surface area contributed by atoms with Crippen molar-refractivity contribution in [2.45, 2.75) is 43.9 Å². The van der Waals surface area contributed by atoms with Gasteiger partial charge in [-0.25, -0.2) is 0 Å². The second-order valence-corrected chi connectivity index (χ2v) is 8.59. The van der Waals surface area contributed by atoms with Crippen molar-refractivity contribution in [3.8, 4) is 11.1 Å². The van der Waals surface area contributed by atoms with Crippen molar-refractivity contribution in [2.24, 2.45) is 5.92 Å². The molecule has 1 aromatic heterocycles. The molecular weight excluding hydrogens is 401 g/mol. The molecule has 0 unspecified atom stereocenters. The number of aliphatic hydroxyl groups is 1. The zero-order valence-corrected chi connectivity index (χ0v) is 17.0. The van der Waals surface area contributed by atoms with Gasteiger partial charge < -0.3 is 10.8 Å². The lowest BCUT2D eigenvalue weighted by molar-refractivity contribution is -0.137. The predicted molar refractivity (Wildman–Crippen MR) is 110 cm³/mol. The molecule has 1 aliphatic heterocycles. The number of aliphatic hydroxyl groups excluding tert-OH is 1. The number of benzene rings is 1. The summed E-state index contributed by atoms with van der Waals surface area (Å²) in [4.78, 5) is 12.9. The van der Waals surface area contributed by atoms with Gasteiger partial charge in [-0.3, -0.25) is 9.36 Å². The molecule has 0 amide bonds. The molecule has 0 spiro atoms. The first-order valence-corrected chi connectivity index (χ1v) is 10.3. The maximum atomic E-state index is 13.3. The van der Waals surface area contributed by atoms with E-state index in [1.54, 1.807) is 6.07 Å². The number of hydrogen-bond acceptors (Lipinski definition) is 4. The monoisotopic (exact) mass is 424 g/mol. The lowest BCUT2D eigenvalue weighted by Gasteiger charge is -2.21. The van der Waals surface area contributed by atoms with E-state index in [9.17, 15) is 23.1 Å². The highest BCUT2D eigenvalue weighted by Crippen LogP contribution is 2.45.